The molecule has 8 heteroatoms. The van der Waals surface area contributed by atoms with Gasteiger partial charge in [0.15, 0.2) is 0 Å². The Bertz CT molecular complexity index is 798. The van der Waals surface area contributed by atoms with Crippen molar-refractivity contribution in [3.05, 3.63) is 35.3 Å². The Labute approximate surface area is 137 Å². The van der Waals surface area contributed by atoms with E-state index >= 15 is 0 Å². The standard InChI is InChI=1S/C15H16N4O3S/c1-9-4-3-6-19-12(10(2)17-13(9)19)14(21)16-5-7-18-11(20)8-23-15(18)22/h3-4,6H,5,7-8H2,1-2H3,(H,16,21). The Morgan fingerprint density at radius 3 is 2.87 bits per heavy atom. The highest BCUT2D eigenvalue weighted by Gasteiger charge is 2.29. The van der Waals surface area contributed by atoms with E-state index in [2.05, 4.69) is 10.3 Å². The molecule has 1 fully saturated rings. The number of hydrogen-bond donors (Lipinski definition) is 1. The van der Waals surface area contributed by atoms with Crippen molar-refractivity contribution in [1.29, 1.82) is 0 Å². The summed E-state index contributed by atoms with van der Waals surface area (Å²) in [6.45, 7) is 4.12. The summed E-state index contributed by atoms with van der Waals surface area (Å²) in [5.41, 5.74) is 2.84. The van der Waals surface area contributed by atoms with Crippen molar-refractivity contribution in [3.8, 4) is 0 Å². The van der Waals surface area contributed by atoms with Crippen LogP contribution in [0.25, 0.3) is 5.65 Å². The van der Waals surface area contributed by atoms with Gasteiger partial charge in [0.25, 0.3) is 11.1 Å². The fourth-order valence-corrected chi connectivity index (χ4v) is 3.30. The quantitative estimate of drug-likeness (QED) is 0.914. The molecule has 120 valence electrons. The normalized spacial score (nSPS) is 14.8. The maximum absolute atomic E-state index is 12.4. The lowest BCUT2D eigenvalue weighted by atomic mass is 10.3. The lowest BCUT2D eigenvalue weighted by molar-refractivity contribution is -0.124. The highest BCUT2D eigenvalue weighted by Crippen LogP contribution is 2.18. The Morgan fingerprint density at radius 2 is 2.17 bits per heavy atom. The molecule has 0 radical (unpaired) electrons. The number of aromatic nitrogens is 2. The summed E-state index contributed by atoms with van der Waals surface area (Å²) in [5, 5.41) is 2.49. The van der Waals surface area contributed by atoms with Crippen LogP contribution >= 0.6 is 11.8 Å². The number of imidazole rings is 1. The van der Waals surface area contributed by atoms with Crippen LogP contribution in [-0.2, 0) is 4.79 Å². The van der Waals surface area contributed by atoms with Gasteiger partial charge in [-0.1, -0.05) is 17.8 Å². The number of aryl methyl sites for hydroxylation is 2. The predicted molar refractivity (Wildman–Crippen MR) is 86.6 cm³/mol. The molecule has 0 bridgehead atoms. The molecule has 3 rings (SSSR count). The zero-order chi connectivity index (χ0) is 16.6. The summed E-state index contributed by atoms with van der Waals surface area (Å²) in [6.07, 6.45) is 1.79. The van der Waals surface area contributed by atoms with Gasteiger partial charge >= 0.3 is 0 Å². The first kappa shape index (κ1) is 15.5. The van der Waals surface area contributed by atoms with E-state index < -0.39 is 0 Å². The summed E-state index contributed by atoms with van der Waals surface area (Å²) < 4.78 is 1.75. The Hall–Kier alpha value is -2.35. The van der Waals surface area contributed by atoms with Crippen LogP contribution in [0.1, 0.15) is 21.7 Å². The number of imide groups is 1. The maximum Gasteiger partial charge on any atom is 0.288 e. The van der Waals surface area contributed by atoms with Crippen LogP contribution in [0, 0.1) is 13.8 Å². The molecule has 0 saturated carbocycles. The van der Waals surface area contributed by atoms with Gasteiger partial charge in [0, 0.05) is 19.3 Å². The molecule has 7 nitrogen and oxygen atoms in total. The van der Waals surface area contributed by atoms with E-state index in [0.29, 0.717) is 11.4 Å². The minimum Gasteiger partial charge on any atom is -0.349 e. The molecule has 1 N–H and O–H groups in total. The number of nitrogens with one attached hydrogen (secondary N) is 1. The van der Waals surface area contributed by atoms with Crippen LogP contribution in [-0.4, -0.2) is 50.2 Å². The number of rotatable bonds is 4. The van der Waals surface area contributed by atoms with Gasteiger partial charge in [-0.25, -0.2) is 4.98 Å². The zero-order valence-corrected chi connectivity index (χ0v) is 13.6. The topological polar surface area (TPSA) is 83.8 Å². The summed E-state index contributed by atoms with van der Waals surface area (Å²) in [4.78, 5) is 41.0. The van der Waals surface area contributed by atoms with Crippen LogP contribution in [0.4, 0.5) is 4.79 Å². The van der Waals surface area contributed by atoms with Crippen molar-refractivity contribution in [2.24, 2.45) is 0 Å². The fraction of sp³-hybridized carbons (Fsp3) is 0.333. The van der Waals surface area contributed by atoms with E-state index in [-0.39, 0.29) is 35.9 Å². The van der Waals surface area contributed by atoms with Crippen LogP contribution < -0.4 is 5.32 Å². The van der Waals surface area contributed by atoms with E-state index in [1.54, 1.807) is 17.5 Å². The molecule has 1 aliphatic rings. The van der Waals surface area contributed by atoms with Crippen molar-refractivity contribution < 1.29 is 14.4 Å². The third-order valence-electron chi connectivity index (χ3n) is 3.70. The first-order valence-electron chi connectivity index (χ1n) is 7.18. The van der Waals surface area contributed by atoms with Gasteiger partial charge in [-0.05, 0) is 25.5 Å². The molecule has 0 aromatic carbocycles. The number of carbonyl (C=O) groups excluding carboxylic acids is 3. The van der Waals surface area contributed by atoms with Crippen LogP contribution in [0.5, 0.6) is 0 Å². The lowest BCUT2D eigenvalue weighted by Crippen LogP contribution is -2.37. The summed E-state index contributed by atoms with van der Waals surface area (Å²) >= 11 is 0.987. The van der Waals surface area contributed by atoms with Gasteiger partial charge in [-0.2, -0.15) is 0 Å². The summed E-state index contributed by atoms with van der Waals surface area (Å²) in [6, 6.07) is 3.80. The molecule has 0 spiro atoms. The Kier molecular flexibility index (Phi) is 4.08. The molecule has 2 aromatic rings. The number of fused-ring (bicyclic) bond motifs is 1. The van der Waals surface area contributed by atoms with Gasteiger partial charge in [0.05, 0.1) is 11.4 Å². The molecule has 0 unspecified atom stereocenters. The smallest absolute Gasteiger partial charge is 0.288 e. The minimum absolute atomic E-state index is 0.179. The molecule has 3 heterocycles. The monoisotopic (exact) mass is 332 g/mol. The maximum atomic E-state index is 12.4. The van der Waals surface area contributed by atoms with E-state index in [1.807, 2.05) is 19.1 Å². The average molecular weight is 332 g/mol. The van der Waals surface area contributed by atoms with Crippen molar-refractivity contribution >= 4 is 34.5 Å². The van der Waals surface area contributed by atoms with E-state index in [9.17, 15) is 14.4 Å². The van der Waals surface area contributed by atoms with Gasteiger partial charge in [0.1, 0.15) is 11.3 Å². The lowest BCUT2D eigenvalue weighted by Gasteiger charge is -2.13. The second kappa shape index (κ2) is 6.04. The SMILES string of the molecule is Cc1nc2c(C)cccn2c1C(=O)NCCN1C(=O)CSC1=O. The van der Waals surface area contributed by atoms with Crippen LogP contribution in [0.2, 0.25) is 0 Å². The predicted octanol–water partition coefficient (Wildman–Crippen LogP) is 1.38. The third kappa shape index (κ3) is 2.81. The highest BCUT2D eigenvalue weighted by molar-refractivity contribution is 8.14. The molecule has 2 aromatic heterocycles. The van der Waals surface area contributed by atoms with Crippen molar-refractivity contribution in [1.82, 2.24) is 19.6 Å². The zero-order valence-electron chi connectivity index (χ0n) is 12.8. The van der Waals surface area contributed by atoms with Gasteiger partial charge in [-0.15, -0.1) is 0 Å². The largest absolute Gasteiger partial charge is 0.349 e. The number of nitrogens with zero attached hydrogens (tertiary/aromatic N) is 3. The fourth-order valence-electron chi connectivity index (χ4n) is 2.55. The highest BCUT2D eigenvalue weighted by atomic mass is 32.2. The molecular formula is C15H16N4O3S. The Balaban J connectivity index is 1.72. The number of hydrogen-bond acceptors (Lipinski definition) is 5. The van der Waals surface area contributed by atoms with Gasteiger partial charge in [-0.3, -0.25) is 23.7 Å². The van der Waals surface area contributed by atoms with Crippen LogP contribution in [0.15, 0.2) is 18.3 Å². The molecule has 3 amide bonds. The number of carbonyl (C=O) groups is 3. The molecule has 1 saturated heterocycles. The number of amides is 3. The van der Waals surface area contributed by atoms with E-state index in [0.717, 1.165) is 27.9 Å². The molecule has 0 aliphatic carbocycles. The van der Waals surface area contributed by atoms with Gasteiger partial charge < -0.3 is 5.32 Å². The van der Waals surface area contributed by atoms with Crippen LogP contribution in [0.3, 0.4) is 0 Å². The number of thioether (sulfide) groups is 1. The van der Waals surface area contributed by atoms with Crippen molar-refractivity contribution in [3.63, 3.8) is 0 Å². The summed E-state index contributed by atoms with van der Waals surface area (Å²) in [7, 11) is 0. The van der Waals surface area contributed by atoms with Crippen molar-refractivity contribution in [2.75, 3.05) is 18.8 Å². The number of pyridine rings is 1. The summed E-state index contributed by atoms with van der Waals surface area (Å²) in [5.74, 6) is -0.304. The van der Waals surface area contributed by atoms with E-state index in [4.69, 9.17) is 0 Å². The Morgan fingerprint density at radius 1 is 1.39 bits per heavy atom. The second-order valence-corrected chi connectivity index (χ2v) is 6.21. The van der Waals surface area contributed by atoms with Gasteiger partial charge in [0.2, 0.25) is 5.91 Å². The third-order valence-corrected chi connectivity index (χ3v) is 4.55. The molecular weight excluding hydrogens is 316 g/mol. The first-order valence-corrected chi connectivity index (χ1v) is 8.17. The first-order chi connectivity index (χ1) is 11.0. The molecule has 0 atom stereocenters. The molecule has 23 heavy (non-hydrogen) atoms. The molecule has 1 aliphatic heterocycles. The average Bonchev–Trinajstić information content (AvgIpc) is 3.01. The van der Waals surface area contributed by atoms with E-state index in [1.165, 1.54) is 0 Å². The minimum atomic E-state index is -0.271. The van der Waals surface area contributed by atoms with Crippen molar-refractivity contribution in [2.45, 2.75) is 13.8 Å². The second-order valence-electron chi connectivity index (χ2n) is 5.29.